The fraction of sp³-hybridized carbons (Fsp3) is 0.700. The van der Waals surface area contributed by atoms with Crippen molar-refractivity contribution in [1.82, 2.24) is 9.78 Å². The molecule has 5 heteroatoms. The summed E-state index contributed by atoms with van der Waals surface area (Å²) in [7, 11) is 1.64. The van der Waals surface area contributed by atoms with Gasteiger partial charge in [-0.05, 0) is 6.92 Å². The third-order valence-electron chi connectivity index (χ3n) is 2.50. The van der Waals surface area contributed by atoms with E-state index in [2.05, 4.69) is 5.10 Å². The van der Waals surface area contributed by atoms with Crippen molar-refractivity contribution in [3.63, 3.8) is 0 Å². The number of methoxy groups -OCH3 is 1. The van der Waals surface area contributed by atoms with Crippen LogP contribution < -0.4 is 0 Å². The third-order valence-corrected chi connectivity index (χ3v) is 2.79. The van der Waals surface area contributed by atoms with Crippen molar-refractivity contribution in [2.75, 3.05) is 13.7 Å². The van der Waals surface area contributed by atoms with Gasteiger partial charge in [-0.1, -0.05) is 18.5 Å². The standard InChI is InChI=1S/C10H17ClN2O2/c1-7(8(2)14)10-9(11)6-12-13(10)4-5-15-3/h6-8,14H,4-5H2,1-3H3. The maximum Gasteiger partial charge on any atom is 0.0821 e. The number of aliphatic hydroxyl groups excluding tert-OH is 1. The molecule has 0 spiro atoms. The molecule has 0 saturated heterocycles. The minimum absolute atomic E-state index is 0.0307. The Morgan fingerprint density at radius 1 is 1.60 bits per heavy atom. The van der Waals surface area contributed by atoms with Crippen molar-refractivity contribution >= 4 is 11.6 Å². The van der Waals surface area contributed by atoms with E-state index in [4.69, 9.17) is 16.3 Å². The Bertz CT molecular complexity index is 312. The normalized spacial score (nSPS) is 15.3. The second-order valence-electron chi connectivity index (χ2n) is 3.62. The van der Waals surface area contributed by atoms with Crippen molar-refractivity contribution in [3.8, 4) is 0 Å². The van der Waals surface area contributed by atoms with Crippen LogP contribution in [0.3, 0.4) is 0 Å². The van der Waals surface area contributed by atoms with Crippen LogP contribution in [0.15, 0.2) is 6.20 Å². The van der Waals surface area contributed by atoms with Crippen LogP contribution in [0.5, 0.6) is 0 Å². The van der Waals surface area contributed by atoms with Crippen molar-refractivity contribution in [3.05, 3.63) is 16.9 Å². The summed E-state index contributed by atoms with van der Waals surface area (Å²) in [6.45, 7) is 4.90. The number of hydrogen-bond acceptors (Lipinski definition) is 3. The van der Waals surface area contributed by atoms with Gasteiger partial charge in [-0.15, -0.1) is 0 Å². The third kappa shape index (κ3) is 2.93. The Morgan fingerprint density at radius 3 is 2.80 bits per heavy atom. The first-order valence-corrected chi connectivity index (χ1v) is 5.34. The number of hydrogen-bond donors (Lipinski definition) is 1. The van der Waals surface area contributed by atoms with Gasteiger partial charge in [0.1, 0.15) is 0 Å². The van der Waals surface area contributed by atoms with Crippen molar-refractivity contribution < 1.29 is 9.84 Å². The van der Waals surface area contributed by atoms with E-state index in [1.165, 1.54) is 0 Å². The minimum atomic E-state index is -0.444. The van der Waals surface area contributed by atoms with Crippen LogP contribution in [0.4, 0.5) is 0 Å². The van der Waals surface area contributed by atoms with Gasteiger partial charge in [-0.25, -0.2) is 0 Å². The van der Waals surface area contributed by atoms with Gasteiger partial charge in [0.15, 0.2) is 0 Å². The second-order valence-corrected chi connectivity index (χ2v) is 4.03. The summed E-state index contributed by atoms with van der Waals surface area (Å²) in [4.78, 5) is 0. The van der Waals surface area contributed by atoms with Crippen LogP contribution in [0.1, 0.15) is 25.5 Å². The van der Waals surface area contributed by atoms with Gasteiger partial charge in [-0.3, -0.25) is 4.68 Å². The zero-order valence-electron chi connectivity index (χ0n) is 9.27. The number of rotatable bonds is 5. The molecule has 0 aliphatic carbocycles. The van der Waals surface area contributed by atoms with Crippen LogP contribution in [-0.4, -0.2) is 34.7 Å². The highest BCUT2D eigenvalue weighted by Gasteiger charge is 2.20. The Hall–Kier alpha value is -0.580. The molecule has 86 valence electrons. The monoisotopic (exact) mass is 232 g/mol. The Balaban J connectivity index is 2.88. The zero-order valence-corrected chi connectivity index (χ0v) is 10.0. The first-order valence-electron chi connectivity index (χ1n) is 4.96. The molecule has 1 aromatic heterocycles. The molecular weight excluding hydrogens is 216 g/mol. The molecular formula is C10H17ClN2O2. The molecule has 0 saturated carbocycles. The number of aromatic nitrogens is 2. The number of halogens is 1. The minimum Gasteiger partial charge on any atom is -0.393 e. The molecule has 2 unspecified atom stereocenters. The van der Waals surface area contributed by atoms with Gasteiger partial charge in [0.05, 0.1) is 36.2 Å². The lowest BCUT2D eigenvalue weighted by Crippen LogP contribution is -2.18. The topological polar surface area (TPSA) is 47.3 Å². The molecule has 1 rings (SSSR count). The van der Waals surface area contributed by atoms with Gasteiger partial charge < -0.3 is 9.84 Å². The molecule has 1 aromatic rings. The Morgan fingerprint density at radius 2 is 2.27 bits per heavy atom. The van der Waals surface area contributed by atoms with Gasteiger partial charge in [0, 0.05) is 13.0 Å². The summed E-state index contributed by atoms with van der Waals surface area (Å²) in [5.41, 5.74) is 0.865. The molecule has 0 amide bonds. The first-order chi connectivity index (χ1) is 7.07. The van der Waals surface area contributed by atoms with E-state index in [0.29, 0.717) is 18.2 Å². The van der Waals surface area contributed by atoms with E-state index in [-0.39, 0.29) is 5.92 Å². The van der Waals surface area contributed by atoms with E-state index >= 15 is 0 Å². The van der Waals surface area contributed by atoms with E-state index in [1.54, 1.807) is 24.9 Å². The van der Waals surface area contributed by atoms with Crippen molar-refractivity contribution in [2.45, 2.75) is 32.4 Å². The number of nitrogens with zero attached hydrogens (tertiary/aromatic N) is 2. The summed E-state index contributed by atoms with van der Waals surface area (Å²) < 4.78 is 6.76. The summed E-state index contributed by atoms with van der Waals surface area (Å²) in [5.74, 6) is -0.0307. The van der Waals surface area contributed by atoms with Gasteiger partial charge in [0.25, 0.3) is 0 Å². The Labute approximate surface area is 94.8 Å². The molecule has 0 radical (unpaired) electrons. The molecule has 1 N–H and O–H groups in total. The molecule has 0 aliphatic rings. The lowest BCUT2D eigenvalue weighted by atomic mass is 10.0. The summed E-state index contributed by atoms with van der Waals surface area (Å²) in [6, 6.07) is 0. The first kappa shape index (κ1) is 12.5. The average Bonchev–Trinajstić information content (AvgIpc) is 2.55. The van der Waals surface area contributed by atoms with Crippen LogP contribution >= 0.6 is 11.6 Å². The van der Waals surface area contributed by atoms with Crippen LogP contribution in [0.25, 0.3) is 0 Å². The van der Waals surface area contributed by atoms with E-state index < -0.39 is 6.10 Å². The highest BCUT2D eigenvalue weighted by molar-refractivity contribution is 6.31. The van der Waals surface area contributed by atoms with Crippen LogP contribution in [-0.2, 0) is 11.3 Å². The number of aliphatic hydroxyl groups is 1. The summed E-state index contributed by atoms with van der Waals surface area (Å²) in [6.07, 6.45) is 1.16. The maximum absolute atomic E-state index is 9.54. The molecule has 15 heavy (non-hydrogen) atoms. The smallest absolute Gasteiger partial charge is 0.0821 e. The van der Waals surface area contributed by atoms with E-state index in [1.807, 2.05) is 6.92 Å². The van der Waals surface area contributed by atoms with E-state index in [0.717, 1.165) is 5.69 Å². The molecule has 4 nitrogen and oxygen atoms in total. The highest BCUT2D eigenvalue weighted by Crippen LogP contribution is 2.26. The molecule has 0 aliphatic heterocycles. The fourth-order valence-corrected chi connectivity index (χ4v) is 1.72. The average molecular weight is 233 g/mol. The zero-order chi connectivity index (χ0) is 11.4. The van der Waals surface area contributed by atoms with Gasteiger partial charge in [0.2, 0.25) is 0 Å². The number of ether oxygens (including phenoxy) is 1. The molecule has 0 aromatic carbocycles. The SMILES string of the molecule is COCCn1ncc(Cl)c1C(C)C(C)O. The molecule has 0 fully saturated rings. The Kier molecular flexibility index (Phi) is 4.57. The quantitative estimate of drug-likeness (QED) is 0.840. The van der Waals surface area contributed by atoms with E-state index in [9.17, 15) is 5.11 Å². The predicted molar refractivity (Wildman–Crippen MR) is 59.2 cm³/mol. The van der Waals surface area contributed by atoms with Gasteiger partial charge >= 0.3 is 0 Å². The van der Waals surface area contributed by atoms with Crippen LogP contribution in [0, 0.1) is 0 Å². The highest BCUT2D eigenvalue weighted by atomic mass is 35.5. The largest absolute Gasteiger partial charge is 0.393 e. The second kappa shape index (κ2) is 5.49. The predicted octanol–water partition coefficient (Wildman–Crippen LogP) is 1.67. The lowest BCUT2D eigenvalue weighted by molar-refractivity contribution is 0.158. The molecule has 0 bridgehead atoms. The van der Waals surface area contributed by atoms with Crippen molar-refractivity contribution in [2.24, 2.45) is 0 Å². The van der Waals surface area contributed by atoms with Crippen LogP contribution in [0.2, 0.25) is 5.02 Å². The molecule has 2 atom stereocenters. The summed E-state index contributed by atoms with van der Waals surface area (Å²) in [5, 5.41) is 14.3. The van der Waals surface area contributed by atoms with Crippen molar-refractivity contribution in [1.29, 1.82) is 0 Å². The molecule has 1 heterocycles. The summed E-state index contributed by atoms with van der Waals surface area (Å²) >= 11 is 6.03. The lowest BCUT2D eigenvalue weighted by Gasteiger charge is -2.17. The van der Waals surface area contributed by atoms with Gasteiger partial charge in [-0.2, -0.15) is 5.10 Å². The maximum atomic E-state index is 9.54. The fourth-order valence-electron chi connectivity index (χ4n) is 1.41.